The van der Waals surface area contributed by atoms with Gasteiger partial charge in [-0.05, 0) is 18.4 Å². The molecule has 0 bridgehead atoms. The van der Waals surface area contributed by atoms with E-state index in [1.807, 2.05) is 30.3 Å². The minimum atomic E-state index is -4.27. The molecule has 1 aromatic carbocycles. The lowest BCUT2D eigenvalue weighted by molar-refractivity contribution is 0.297. The van der Waals surface area contributed by atoms with Gasteiger partial charge < -0.3 is 9.79 Å². The van der Waals surface area contributed by atoms with Gasteiger partial charge in [0.2, 0.25) is 0 Å². The van der Waals surface area contributed by atoms with Gasteiger partial charge in [-0.25, -0.2) is 0 Å². The van der Waals surface area contributed by atoms with Gasteiger partial charge in [-0.3, -0.25) is 4.57 Å². The maximum Gasteiger partial charge on any atom is 0.335 e. The van der Waals surface area contributed by atoms with Gasteiger partial charge in [0.1, 0.15) is 0 Å². The van der Waals surface area contributed by atoms with Crippen molar-refractivity contribution < 1.29 is 14.4 Å². The predicted octanol–water partition coefficient (Wildman–Crippen LogP) is 9.12. The van der Waals surface area contributed by atoms with Crippen molar-refractivity contribution in [3.05, 3.63) is 35.9 Å². The molecule has 0 fully saturated rings. The fourth-order valence-electron chi connectivity index (χ4n) is 4.72. The van der Waals surface area contributed by atoms with E-state index in [0.717, 1.165) is 31.2 Å². The third-order valence-electron chi connectivity index (χ3n) is 6.76. The molecule has 1 rings (SSSR count). The monoisotopic (exact) mass is 452 g/mol. The third-order valence-corrected chi connectivity index (χ3v) is 8.58. The van der Waals surface area contributed by atoms with Crippen LogP contribution in [-0.4, -0.2) is 9.79 Å². The fourth-order valence-corrected chi connectivity index (χ4v) is 6.11. The first-order valence-corrected chi connectivity index (χ1v) is 14.7. The molecule has 0 spiro atoms. The van der Waals surface area contributed by atoms with Gasteiger partial charge in [-0.2, -0.15) is 0 Å². The third kappa shape index (κ3) is 11.2. The molecule has 3 nitrogen and oxygen atoms in total. The molecule has 0 aliphatic rings. The Labute approximate surface area is 192 Å². The second kappa shape index (κ2) is 16.9. The Morgan fingerprint density at radius 2 is 0.968 bits per heavy atom. The van der Waals surface area contributed by atoms with Crippen molar-refractivity contribution in [1.82, 2.24) is 0 Å². The highest BCUT2D eigenvalue weighted by Gasteiger charge is 2.46. The van der Waals surface area contributed by atoms with Crippen molar-refractivity contribution in [2.75, 3.05) is 0 Å². The normalized spacial score (nSPS) is 13.9. The molecule has 4 heteroatoms. The summed E-state index contributed by atoms with van der Waals surface area (Å²) in [5, 5.41) is -1.02. The van der Waals surface area contributed by atoms with Crippen molar-refractivity contribution in [1.29, 1.82) is 0 Å². The molecule has 1 unspecified atom stereocenters. The summed E-state index contributed by atoms with van der Waals surface area (Å²) in [6, 6.07) is 9.62. The highest BCUT2D eigenvalue weighted by atomic mass is 31.2. The van der Waals surface area contributed by atoms with Gasteiger partial charge in [0, 0.05) is 0 Å². The summed E-state index contributed by atoms with van der Waals surface area (Å²) in [7, 11) is -4.27. The smallest absolute Gasteiger partial charge is 0.324 e. The van der Waals surface area contributed by atoms with Crippen molar-refractivity contribution >= 4 is 7.60 Å². The summed E-state index contributed by atoms with van der Waals surface area (Å²) in [6.07, 6.45) is 20.3. The van der Waals surface area contributed by atoms with Crippen LogP contribution in [0.15, 0.2) is 30.3 Å². The zero-order valence-electron chi connectivity index (χ0n) is 20.4. The summed E-state index contributed by atoms with van der Waals surface area (Å²) in [5.74, 6) is 0. The summed E-state index contributed by atoms with van der Waals surface area (Å²) >= 11 is 0. The van der Waals surface area contributed by atoms with Crippen LogP contribution in [0.5, 0.6) is 0 Å². The second-order valence-electron chi connectivity index (χ2n) is 9.39. The van der Waals surface area contributed by atoms with Crippen LogP contribution >= 0.6 is 7.60 Å². The molecule has 31 heavy (non-hydrogen) atoms. The quantitative estimate of drug-likeness (QED) is 0.153. The average Bonchev–Trinajstić information content (AvgIpc) is 2.75. The highest BCUT2D eigenvalue weighted by Crippen LogP contribution is 2.62. The maximum absolute atomic E-state index is 12.8. The summed E-state index contributed by atoms with van der Waals surface area (Å²) < 4.78 is 12.8. The first-order chi connectivity index (χ1) is 15.0. The van der Waals surface area contributed by atoms with Gasteiger partial charge in [0.25, 0.3) is 0 Å². The van der Waals surface area contributed by atoms with Crippen LogP contribution in [0.4, 0.5) is 0 Å². The van der Waals surface area contributed by atoms with Gasteiger partial charge in [-0.15, -0.1) is 0 Å². The largest absolute Gasteiger partial charge is 0.335 e. The topological polar surface area (TPSA) is 57.5 Å². The van der Waals surface area contributed by atoms with Crippen molar-refractivity contribution in [2.24, 2.45) is 0 Å². The minimum Gasteiger partial charge on any atom is -0.324 e. The Morgan fingerprint density at radius 1 is 0.613 bits per heavy atom. The Morgan fingerprint density at radius 3 is 1.32 bits per heavy atom. The van der Waals surface area contributed by atoms with E-state index in [0.29, 0.717) is 12.8 Å². The van der Waals surface area contributed by atoms with E-state index in [4.69, 9.17) is 0 Å². The zero-order chi connectivity index (χ0) is 22.8. The first-order valence-electron chi connectivity index (χ1n) is 13.1. The molecule has 180 valence electrons. The number of rotatable bonds is 20. The van der Waals surface area contributed by atoms with E-state index < -0.39 is 12.8 Å². The molecule has 0 aliphatic heterocycles. The predicted molar refractivity (Wildman–Crippen MR) is 135 cm³/mol. The van der Waals surface area contributed by atoms with E-state index in [1.54, 1.807) is 0 Å². The fraction of sp³-hybridized carbons (Fsp3) is 0.778. The lowest BCUT2D eigenvalue weighted by Gasteiger charge is -2.35. The van der Waals surface area contributed by atoms with E-state index >= 15 is 0 Å². The molecule has 0 aliphatic carbocycles. The second-order valence-corrected chi connectivity index (χ2v) is 11.3. The van der Waals surface area contributed by atoms with Crippen LogP contribution in [0.3, 0.4) is 0 Å². The van der Waals surface area contributed by atoms with Crippen molar-refractivity contribution in [3.8, 4) is 0 Å². The SMILES string of the molecule is CCCCCCCCCCCC(CCCCCCCCC)(c1ccccc1)P(=O)(O)O. The van der Waals surface area contributed by atoms with Crippen LogP contribution in [-0.2, 0) is 9.72 Å². The molecule has 0 amide bonds. The maximum atomic E-state index is 12.8. The van der Waals surface area contributed by atoms with Crippen LogP contribution in [0.25, 0.3) is 0 Å². The standard InChI is InChI=1S/C27H49O3P/c1-3-5-7-9-11-12-14-16-21-25-27(31(28,29)30,26-22-18-17-19-23-26)24-20-15-13-10-8-6-4-2/h17-19,22-23H,3-16,20-21,24-25H2,1-2H3,(H2,28,29,30). The Balaban J connectivity index is 2.62. The molecule has 1 aromatic rings. The molecular weight excluding hydrogens is 403 g/mol. The van der Waals surface area contributed by atoms with Gasteiger partial charge in [0.15, 0.2) is 0 Å². The average molecular weight is 453 g/mol. The van der Waals surface area contributed by atoms with E-state index in [-0.39, 0.29) is 0 Å². The first kappa shape index (κ1) is 28.4. The lowest BCUT2D eigenvalue weighted by atomic mass is 9.87. The summed E-state index contributed by atoms with van der Waals surface area (Å²) in [5.41, 5.74) is 0.828. The Hall–Kier alpha value is -0.630. The Bertz CT molecular complexity index is 583. The molecule has 0 saturated carbocycles. The summed E-state index contributed by atoms with van der Waals surface area (Å²) in [4.78, 5) is 21.0. The van der Waals surface area contributed by atoms with Crippen LogP contribution in [0.1, 0.15) is 135 Å². The molecule has 0 aromatic heterocycles. The lowest BCUT2D eigenvalue weighted by Crippen LogP contribution is -2.26. The Kier molecular flexibility index (Phi) is 15.5. The van der Waals surface area contributed by atoms with Gasteiger partial charge in [-0.1, -0.05) is 147 Å². The van der Waals surface area contributed by atoms with Crippen LogP contribution < -0.4 is 0 Å². The summed E-state index contributed by atoms with van der Waals surface area (Å²) in [6.45, 7) is 4.47. The number of benzene rings is 1. The molecule has 2 N–H and O–H groups in total. The van der Waals surface area contributed by atoms with Gasteiger partial charge >= 0.3 is 7.60 Å². The molecule has 0 radical (unpaired) electrons. The zero-order valence-corrected chi connectivity index (χ0v) is 21.3. The molecule has 1 atom stereocenters. The molecular formula is C27H49O3P. The minimum absolute atomic E-state index is 0.589. The van der Waals surface area contributed by atoms with Crippen LogP contribution in [0, 0.1) is 0 Å². The highest BCUT2D eigenvalue weighted by molar-refractivity contribution is 7.53. The van der Waals surface area contributed by atoms with Crippen molar-refractivity contribution in [2.45, 2.75) is 135 Å². The van der Waals surface area contributed by atoms with Crippen LogP contribution in [0.2, 0.25) is 0 Å². The van der Waals surface area contributed by atoms with Crippen molar-refractivity contribution in [3.63, 3.8) is 0 Å². The molecule has 0 heterocycles. The van der Waals surface area contributed by atoms with Gasteiger partial charge in [0.05, 0.1) is 5.16 Å². The number of unbranched alkanes of at least 4 members (excludes halogenated alkanes) is 14. The van der Waals surface area contributed by atoms with E-state index in [1.165, 1.54) is 77.0 Å². The number of hydrogen-bond acceptors (Lipinski definition) is 1. The van der Waals surface area contributed by atoms with E-state index in [9.17, 15) is 14.4 Å². The van der Waals surface area contributed by atoms with E-state index in [2.05, 4.69) is 13.8 Å². The molecule has 0 saturated heterocycles. The number of hydrogen-bond donors (Lipinski definition) is 2.